The number of rotatable bonds is 4. The first-order valence-electron chi connectivity index (χ1n) is 8.99. The van der Waals surface area contributed by atoms with Crippen molar-refractivity contribution < 1.29 is 4.52 Å². The van der Waals surface area contributed by atoms with E-state index < -0.39 is 0 Å². The second-order valence-corrected chi connectivity index (χ2v) is 8.54. The van der Waals surface area contributed by atoms with Crippen molar-refractivity contribution >= 4 is 41.3 Å². The van der Waals surface area contributed by atoms with Crippen LogP contribution in [-0.4, -0.2) is 59.1 Å². The number of hydrogen-bond donors (Lipinski definition) is 1. The first-order valence-corrected chi connectivity index (χ1v) is 9.87. The highest BCUT2D eigenvalue weighted by atomic mass is 127. The molecule has 0 aliphatic carbocycles. The summed E-state index contributed by atoms with van der Waals surface area (Å²) in [5.41, 5.74) is -0.133. The van der Waals surface area contributed by atoms with Crippen molar-refractivity contribution in [3.05, 3.63) is 34.1 Å². The van der Waals surface area contributed by atoms with E-state index >= 15 is 0 Å². The molecule has 0 spiro atoms. The van der Waals surface area contributed by atoms with Crippen molar-refractivity contribution in [2.45, 2.75) is 39.3 Å². The van der Waals surface area contributed by atoms with Gasteiger partial charge in [0.2, 0.25) is 5.89 Å². The molecule has 0 saturated carbocycles. The Labute approximate surface area is 182 Å². The standard InChI is InChI=1S/C18H28N6OS.HI/c1-18(2,3)16-21-15(22-25-16)12-20-17(19-4)24-9-7-23(8-10-24)13-14-6-5-11-26-14;/h5-6,11H,7-10,12-13H2,1-4H3,(H,19,20);1H. The van der Waals surface area contributed by atoms with Crippen LogP contribution in [0.4, 0.5) is 0 Å². The van der Waals surface area contributed by atoms with Crippen molar-refractivity contribution in [1.29, 1.82) is 0 Å². The molecule has 1 aliphatic heterocycles. The van der Waals surface area contributed by atoms with Gasteiger partial charge >= 0.3 is 0 Å². The number of nitrogens with one attached hydrogen (secondary N) is 1. The highest BCUT2D eigenvalue weighted by molar-refractivity contribution is 14.0. The lowest BCUT2D eigenvalue weighted by molar-refractivity contribution is 0.173. The summed E-state index contributed by atoms with van der Waals surface area (Å²) in [6, 6.07) is 4.32. The van der Waals surface area contributed by atoms with Crippen molar-refractivity contribution in [2.24, 2.45) is 4.99 Å². The summed E-state index contributed by atoms with van der Waals surface area (Å²) in [4.78, 5) is 15.1. The topological polar surface area (TPSA) is 69.8 Å². The average molecular weight is 504 g/mol. The molecule has 0 bridgehead atoms. The summed E-state index contributed by atoms with van der Waals surface area (Å²) >= 11 is 1.82. The number of hydrogen-bond acceptors (Lipinski definition) is 6. The minimum absolute atomic E-state index is 0. The largest absolute Gasteiger partial charge is 0.349 e. The second kappa shape index (κ2) is 9.83. The fraction of sp³-hybridized carbons (Fsp3) is 0.611. The van der Waals surface area contributed by atoms with E-state index in [0.717, 1.165) is 38.7 Å². The minimum Gasteiger partial charge on any atom is -0.349 e. The average Bonchev–Trinajstić information content (AvgIpc) is 3.28. The maximum Gasteiger partial charge on any atom is 0.232 e. The third-order valence-electron chi connectivity index (χ3n) is 4.36. The van der Waals surface area contributed by atoms with Gasteiger partial charge in [0.1, 0.15) is 0 Å². The normalized spacial score (nSPS) is 16.3. The fourth-order valence-electron chi connectivity index (χ4n) is 2.86. The number of guanidine groups is 1. The molecule has 1 saturated heterocycles. The molecule has 0 amide bonds. The third-order valence-corrected chi connectivity index (χ3v) is 5.22. The summed E-state index contributed by atoms with van der Waals surface area (Å²) in [6.45, 7) is 11.7. The predicted octanol–water partition coefficient (Wildman–Crippen LogP) is 2.94. The summed E-state index contributed by atoms with van der Waals surface area (Å²) in [7, 11) is 1.82. The summed E-state index contributed by atoms with van der Waals surface area (Å²) < 4.78 is 5.34. The van der Waals surface area contributed by atoms with Gasteiger partial charge in [-0.1, -0.05) is 32.0 Å². The molecule has 3 heterocycles. The Morgan fingerprint density at radius 2 is 2.04 bits per heavy atom. The Kier molecular flexibility index (Phi) is 8.04. The first-order chi connectivity index (χ1) is 12.5. The van der Waals surface area contributed by atoms with Gasteiger partial charge in [0.25, 0.3) is 0 Å². The third kappa shape index (κ3) is 6.15. The van der Waals surface area contributed by atoms with E-state index in [1.807, 2.05) is 18.4 Å². The van der Waals surface area contributed by atoms with Gasteiger partial charge in [0.05, 0.1) is 6.54 Å². The van der Waals surface area contributed by atoms with Crippen LogP contribution in [-0.2, 0) is 18.5 Å². The minimum atomic E-state index is -0.133. The summed E-state index contributed by atoms with van der Waals surface area (Å²) in [6.07, 6.45) is 0. The molecule has 2 aromatic heterocycles. The van der Waals surface area contributed by atoms with Gasteiger partial charge in [-0.3, -0.25) is 9.89 Å². The van der Waals surface area contributed by atoms with Gasteiger partial charge in [-0.2, -0.15) is 4.98 Å². The molecule has 3 rings (SSSR count). The van der Waals surface area contributed by atoms with Gasteiger partial charge in [0, 0.05) is 50.1 Å². The molecule has 1 fully saturated rings. The van der Waals surface area contributed by atoms with Gasteiger partial charge in [0.15, 0.2) is 11.8 Å². The van der Waals surface area contributed by atoms with Crippen LogP contribution < -0.4 is 5.32 Å². The highest BCUT2D eigenvalue weighted by Gasteiger charge is 2.23. The molecular formula is C18H29IN6OS. The predicted molar refractivity (Wildman–Crippen MR) is 120 cm³/mol. The number of thiophene rings is 1. The Hall–Kier alpha value is -1.20. The quantitative estimate of drug-likeness (QED) is 0.393. The molecule has 7 nitrogen and oxygen atoms in total. The van der Waals surface area contributed by atoms with Crippen molar-refractivity contribution in [3.8, 4) is 0 Å². The number of aliphatic imine (C=N–C) groups is 1. The van der Waals surface area contributed by atoms with Crippen LogP contribution in [0.1, 0.15) is 37.4 Å². The molecule has 9 heteroatoms. The summed E-state index contributed by atoms with van der Waals surface area (Å²) in [5, 5.41) is 9.55. The van der Waals surface area contributed by atoms with Crippen LogP contribution in [0, 0.1) is 0 Å². The van der Waals surface area contributed by atoms with Crippen LogP contribution in [0.3, 0.4) is 0 Å². The first kappa shape index (κ1) is 22.1. The Bertz CT molecular complexity index is 717. The van der Waals surface area contributed by atoms with E-state index in [4.69, 9.17) is 4.52 Å². The molecule has 1 aliphatic rings. The van der Waals surface area contributed by atoms with E-state index in [0.29, 0.717) is 18.3 Å². The summed E-state index contributed by atoms with van der Waals surface area (Å²) in [5.74, 6) is 2.21. The molecular weight excluding hydrogens is 475 g/mol. The molecule has 0 radical (unpaired) electrons. The molecule has 1 N–H and O–H groups in total. The Balaban J connectivity index is 0.00000261. The molecule has 27 heavy (non-hydrogen) atoms. The zero-order valence-electron chi connectivity index (χ0n) is 16.4. The fourth-order valence-corrected chi connectivity index (χ4v) is 3.61. The molecule has 2 aromatic rings. The van der Waals surface area contributed by atoms with E-state index in [-0.39, 0.29) is 29.4 Å². The van der Waals surface area contributed by atoms with E-state index in [9.17, 15) is 0 Å². The molecule has 0 aromatic carbocycles. The number of piperazine rings is 1. The smallest absolute Gasteiger partial charge is 0.232 e. The maximum atomic E-state index is 5.34. The zero-order valence-corrected chi connectivity index (χ0v) is 19.6. The van der Waals surface area contributed by atoms with Crippen molar-refractivity contribution in [2.75, 3.05) is 33.2 Å². The van der Waals surface area contributed by atoms with Gasteiger partial charge in [-0.15, -0.1) is 35.3 Å². The Morgan fingerprint density at radius 1 is 1.30 bits per heavy atom. The lowest BCUT2D eigenvalue weighted by Crippen LogP contribution is -2.52. The molecule has 0 unspecified atom stereocenters. The number of nitrogens with zero attached hydrogens (tertiary/aromatic N) is 5. The zero-order chi connectivity index (χ0) is 18.6. The highest BCUT2D eigenvalue weighted by Crippen LogP contribution is 2.19. The SMILES string of the molecule is CN=C(NCc1noc(C(C)(C)C)n1)N1CCN(Cc2cccs2)CC1.I. The van der Waals surface area contributed by atoms with E-state index in [2.05, 4.69) is 68.5 Å². The van der Waals surface area contributed by atoms with Crippen LogP contribution in [0.5, 0.6) is 0 Å². The second-order valence-electron chi connectivity index (χ2n) is 7.51. The van der Waals surface area contributed by atoms with Crippen LogP contribution >= 0.6 is 35.3 Å². The maximum absolute atomic E-state index is 5.34. The van der Waals surface area contributed by atoms with Crippen molar-refractivity contribution in [1.82, 2.24) is 25.3 Å². The lowest BCUT2D eigenvalue weighted by Gasteiger charge is -2.36. The van der Waals surface area contributed by atoms with E-state index in [1.165, 1.54) is 4.88 Å². The Morgan fingerprint density at radius 3 is 2.59 bits per heavy atom. The van der Waals surface area contributed by atoms with Crippen LogP contribution in [0.2, 0.25) is 0 Å². The number of halogens is 1. The van der Waals surface area contributed by atoms with Gasteiger partial charge in [-0.05, 0) is 11.4 Å². The van der Waals surface area contributed by atoms with Crippen LogP contribution in [0.15, 0.2) is 27.0 Å². The monoisotopic (exact) mass is 504 g/mol. The number of aromatic nitrogens is 2. The van der Waals surface area contributed by atoms with E-state index in [1.54, 1.807) is 0 Å². The van der Waals surface area contributed by atoms with Gasteiger partial charge < -0.3 is 14.7 Å². The molecule has 0 atom stereocenters. The molecule has 150 valence electrons. The van der Waals surface area contributed by atoms with Crippen molar-refractivity contribution in [3.63, 3.8) is 0 Å². The van der Waals surface area contributed by atoms with Gasteiger partial charge in [-0.25, -0.2) is 0 Å². The lowest BCUT2D eigenvalue weighted by atomic mass is 9.97. The van der Waals surface area contributed by atoms with Crippen LogP contribution in [0.25, 0.3) is 0 Å².